The van der Waals surface area contributed by atoms with Gasteiger partial charge in [0.2, 0.25) is 5.91 Å². The molecule has 3 fully saturated rings. The van der Waals surface area contributed by atoms with E-state index < -0.39 is 0 Å². The number of carbonyl (C=O) groups excluding carboxylic acids is 1. The first-order chi connectivity index (χ1) is 7.05. The van der Waals surface area contributed by atoms with E-state index in [1.807, 2.05) is 0 Å². The van der Waals surface area contributed by atoms with E-state index in [-0.39, 0.29) is 11.3 Å². The van der Waals surface area contributed by atoms with Gasteiger partial charge < -0.3 is 10.2 Å². The SMILES string of the molecule is CNC(=O)C12CCC(N(C)C)(CC1)CC2. The van der Waals surface area contributed by atoms with Crippen molar-refractivity contribution in [2.75, 3.05) is 21.1 Å². The van der Waals surface area contributed by atoms with Crippen LogP contribution in [-0.2, 0) is 4.79 Å². The summed E-state index contributed by atoms with van der Waals surface area (Å²) in [5.41, 5.74) is 0.377. The van der Waals surface area contributed by atoms with Crippen molar-refractivity contribution >= 4 is 5.91 Å². The van der Waals surface area contributed by atoms with Crippen LogP contribution in [-0.4, -0.2) is 37.5 Å². The third-order valence-electron chi connectivity index (χ3n) is 4.86. The molecule has 3 heteroatoms. The Balaban J connectivity index is 2.14. The Hall–Kier alpha value is -0.570. The molecule has 0 radical (unpaired) electrons. The molecular formula is C12H22N2O. The molecule has 0 aromatic heterocycles. The standard InChI is InChI=1S/C12H22N2O/c1-13-10(15)11-4-7-12(8-5-11,9-6-11)14(2)3/h4-9H2,1-3H3,(H,13,15). The molecule has 0 spiro atoms. The van der Waals surface area contributed by atoms with Crippen molar-refractivity contribution in [2.45, 2.75) is 44.1 Å². The zero-order chi connectivity index (χ0) is 11.1. The molecule has 0 saturated heterocycles. The molecule has 3 aliphatic rings. The van der Waals surface area contributed by atoms with Gasteiger partial charge in [0, 0.05) is 18.0 Å². The van der Waals surface area contributed by atoms with Crippen LogP contribution in [0.3, 0.4) is 0 Å². The second-order valence-electron chi connectivity index (χ2n) is 5.48. The van der Waals surface area contributed by atoms with Crippen LogP contribution >= 0.6 is 0 Å². The van der Waals surface area contributed by atoms with Crippen LogP contribution < -0.4 is 5.32 Å². The molecule has 1 amide bonds. The smallest absolute Gasteiger partial charge is 0.225 e. The highest BCUT2D eigenvalue weighted by Gasteiger charge is 2.52. The fourth-order valence-electron chi connectivity index (χ4n) is 3.44. The molecule has 0 unspecified atom stereocenters. The Labute approximate surface area is 92.2 Å². The van der Waals surface area contributed by atoms with E-state index >= 15 is 0 Å². The second kappa shape index (κ2) is 3.48. The number of hydrogen-bond acceptors (Lipinski definition) is 2. The second-order valence-corrected chi connectivity index (χ2v) is 5.48. The van der Waals surface area contributed by atoms with Crippen LogP contribution in [0.2, 0.25) is 0 Å². The minimum Gasteiger partial charge on any atom is -0.359 e. The normalized spacial score (nSPS) is 39.5. The van der Waals surface area contributed by atoms with Crippen LogP contribution in [0.25, 0.3) is 0 Å². The van der Waals surface area contributed by atoms with Crippen LogP contribution in [0, 0.1) is 5.41 Å². The summed E-state index contributed by atoms with van der Waals surface area (Å²) in [6.45, 7) is 0. The first-order valence-corrected chi connectivity index (χ1v) is 5.94. The van der Waals surface area contributed by atoms with E-state index in [0.29, 0.717) is 5.54 Å². The molecule has 3 saturated carbocycles. The molecule has 3 aliphatic carbocycles. The monoisotopic (exact) mass is 210 g/mol. The molecule has 0 heterocycles. The predicted molar refractivity (Wildman–Crippen MR) is 60.6 cm³/mol. The van der Waals surface area contributed by atoms with Gasteiger partial charge >= 0.3 is 0 Å². The quantitative estimate of drug-likeness (QED) is 0.747. The van der Waals surface area contributed by atoms with E-state index in [2.05, 4.69) is 24.3 Å². The highest BCUT2D eigenvalue weighted by Crippen LogP contribution is 2.54. The van der Waals surface area contributed by atoms with Gasteiger partial charge in [0.1, 0.15) is 0 Å². The van der Waals surface area contributed by atoms with Crippen molar-refractivity contribution in [3.05, 3.63) is 0 Å². The molecule has 1 N–H and O–H groups in total. The van der Waals surface area contributed by atoms with Gasteiger partial charge in [0.05, 0.1) is 0 Å². The summed E-state index contributed by atoms with van der Waals surface area (Å²) < 4.78 is 0. The number of hydrogen-bond donors (Lipinski definition) is 1. The molecule has 3 nitrogen and oxygen atoms in total. The molecular weight excluding hydrogens is 188 g/mol. The lowest BCUT2D eigenvalue weighted by molar-refractivity contribution is -0.140. The van der Waals surface area contributed by atoms with Gasteiger partial charge in [-0.1, -0.05) is 0 Å². The van der Waals surface area contributed by atoms with Gasteiger partial charge in [-0.3, -0.25) is 4.79 Å². The molecule has 86 valence electrons. The number of carbonyl (C=O) groups is 1. The molecule has 0 aromatic rings. The lowest BCUT2D eigenvalue weighted by atomic mass is 9.56. The molecule has 0 atom stereocenters. The minimum absolute atomic E-state index is 0.0213. The number of nitrogens with one attached hydrogen (secondary N) is 1. The zero-order valence-corrected chi connectivity index (χ0v) is 10.1. The Kier molecular flexibility index (Phi) is 2.53. The van der Waals surface area contributed by atoms with Gasteiger partial charge in [-0.2, -0.15) is 0 Å². The van der Waals surface area contributed by atoms with E-state index in [9.17, 15) is 4.79 Å². The third kappa shape index (κ3) is 1.48. The third-order valence-corrected chi connectivity index (χ3v) is 4.86. The summed E-state index contributed by atoms with van der Waals surface area (Å²) in [7, 11) is 6.12. The first kappa shape index (κ1) is 10.9. The van der Waals surface area contributed by atoms with E-state index in [4.69, 9.17) is 0 Å². The number of nitrogens with zero attached hydrogens (tertiary/aromatic N) is 1. The van der Waals surface area contributed by atoms with Crippen molar-refractivity contribution in [3.63, 3.8) is 0 Å². The van der Waals surface area contributed by atoms with Crippen molar-refractivity contribution in [1.29, 1.82) is 0 Å². The Morgan fingerprint density at radius 2 is 1.53 bits per heavy atom. The van der Waals surface area contributed by atoms with Gasteiger partial charge in [0.15, 0.2) is 0 Å². The van der Waals surface area contributed by atoms with E-state index in [1.165, 1.54) is 19.3 Å². The van der Waals surface area contributed by atoms with Gasteiger partial charge in [-0.15, -0.1) is 0 Å². The summed E-state index contributed by atoms with van der Waals surface area (Å²) in [6, 6.07) is 0. The average molecular weight is 210 g/mol. The molecule has 15 heavy (non-hydrogen) atoms. The van der Waals surface area contributed by atoms with Crippen LogP contribution in [0.4, 0.5) is 0 Å². The summed E-state index contributed by atoms with van der Waals surface area (Å²) in [5.74, 6) is 0.273. The molecule has 0 aromatic carbocycles. The average Bonchev–Trinajstić information content (AvgIpc) is 2.30. The van der Waals surface area contributed by atoms with Crippen LogP contribution in [0.1, 0.15) is 38.5 Å². The predicted octanol–water partition coefficient (Wildman–Crippen LogP) is 1.39. The summed E-state index contributed by atoms with van der Waals surface area (Å²) in [5, 5.41) is 2.84. The first-order valence-electron chi connectivity index (χ1n) is 5.94. The van der Waals surface area contributed by atoms with Crippen molar-refractivity contribution in [3.8, 4) is 0 Å². The number of fused-ring (bicyclic) bond motifs is 3. The van der Waals surface area contributed by atoms with E-state index in [1.54, 1.807) is 7.05 Å². The number of rotatable bonds is 2. The van der Waals surface area contributed by atoms with Gasteiger partial charge in [0.25, 0.3) is 0 Å². The molecule has 2 bridgehead atoms. The topological polar surface area (TPSA) is 32.3 Å². The van der Waals surface area contributed by atoms with E-state index in [0.717, 1.165) is 19.3 Å². The Morgan fingerprint density at radius 1 is 1.07 bits per heavy atom. The maximum absolute atomic E-state index is 11.9. The van der Waals surface area contributed by atoms with Gasteiger partial charge in [-0.25, -0.2) is 0 Å². The van der Waals surface area contributed by atoms with Crippen molar-refractivity contribution in [1.82, 2.24) is 10.2 Å². The largest absolute Gasteiger partial charge is 0.359 e. The highest BCUT2D eigenvalue weighted by atomic mass is 16.2. The summed E-state index contributed by atoms with van der Waals surface area (Å²) in [4.78, 5) is 14.3. The molecule has 3 rings (SSSR count). The lowest BCUT2D eigenvalue weighted by Gasteiger charge is -2.55. The maximum Gasteiger partial charge on any atom is 0.225 e. The lowest BCUT2D eigenvalue weighted by Crippen LogP contribution is -2.57. The zero-order valence-electron chi connectivity index (χ0n) is 10.1. The summed E-state index contributed by atoms with van der Waals surface area (Å²) >= 11 is 0. The van der Waals surface area contributed by atoms with Gasteiger partial charge in [-0.05, 0) is 52.6 Å². The summed E-state index contributed by atoms with van der Waals surface area (Å²) in [6.07, 6.45) is 6.79. The maximum atomic E-state index is 11.9. The van der Waals surface area contributed by atoms with Crippen LogP contribution in [0.5, 0.6) is 0 Å². The minimum atomic E-state index is -0.0213. The fourth-order valence-corrected chi connectivity index (χ4v) is 3.44. The van der Waals surface area contributed by atoms with Crippen molar-refractivity contribution < 1.29 is 4.79 Å². The van der Waals surface area contributed by atoms with Crippen LogP contribution in [0.15, 0.2) is 0 Å². The van der Waals surface area contributed by atoms with Crippen molar-refractivity contribution in [2.24, 2.45) is 5.41 Å². The Bertz CT molecular complexity index is 248. The Morgan fingerprint density at radius 3 is 1.87 bits per heavy atom. The number of amides is 1. The fraction of sp³-hybridized carbons (Fsp3) is 0.917. The highest BCUT2D eigenvalue weighted by molar-refractivity contribution is 5.82. The molecule has 0 aliphatic heterocycles.